The lowest BCUT2D eigenvalue weighted by atomic mass is 10.1. The fraction of sp³-hybridized carbons (Fsp3) is 0.350. The predicted octanol–water partition coefficient (Wildman–Crippen LogP) is 3.68. The van der Waals surface area contributed by atoms with E-state index < -0.39 is 0 Å². The van der Waals surface area contributed by atoms with Crippen molar-refractivity contribution in [2.75, 3.05) is 0 Å². The van der Waals surface area contributed by atoms with Crippen molar-refractivity contribution in [3.05, 3.63) is 41.5 Å². The first-order valence-corrected chi connectivity index (χ1v) is 9.80. The maximum absolute atomic E-state index is 12.4. The SMILES string of the molecule is CCc1cc(S[C@H](C)C(=O)NC2CC2)n2c(nc3ccccc32)c1C#N. The molecule has 26 heavy (non-hydrogen) atoms. The standard InChI is InChI=1S/C20H20N4OS/c1-3-13-10-18(26-12(2)20(25)22-14-8-9-14)24-17-7-5-4-6-16(17)23-19(24)15(13)11-21/h4-7,10,12,14H,3,8-9H2,1-2H3,(H,22,25)/t12-/m1/s1. The molecule has 2 heterocycles. The Morgan fingerprint density at radius 2 is 2.23 bits per heavy atom. The van der Waals surface area contributed by atoms with Crippen LogP contribution in [-0.4, -0.2) is 26.6 Å². The van der Waals surface area contributed by atoms with Crippen LogP contribution in [0.15, 0.2) is 35.4 Å². The maximum Gasteiger partial charge on any atom is 0.233 e. The van der Waals surface area contributed by atoms with Gasteiger partial charge in [0.25, 0.3) is 0 Å². The molecule has 1 atom stereocenters. The molecule has 0 unspecified atom stereocenters. The average molecular weight is 364 g/mol. The van der Waals surface area contributed by atoms with Crippen molar-refractivity contribution < 1.29 is 4.79 Å². The van der Waals surface area contributed by atoms with Gasteiger partial charge in [0.2, 0.25) is 5.91 Å². The van der Waals surface area contributed by atoms with E-state index in [1.54, 1.807) is 0 Å². The predicted molar refractivity (Wildman–Crippen MR) is 103 cm³/mol. The van der Waals surface area contributed by atoms with Crippen LogP contribution in [0.25, 0.3) is 16.7 Å². The van der Waals surface area contributed by atoms with E-state index >= 15 is 0 Å². The number of thioether (sulfide) groups is 1. The summed E-state index contributed by atoms with van der Waals surface area (Å²) < 4.78 is 2.01. The molecular weight excluding hydrogens is 344 g/mol. The number of aryl methyl sites for hydroxylation is 1. The third-order valence-corrected chi connectivity index (χ3v) is 5.82. The number of aromatic nitrogens is 2. The van der Waals surface area contributed by atoms with Crippen molar-refractivity contribution in [2.24, 2.45) is 0 Å². The Hall–Kier alpha value is -2.52. The molecule has 0 saturated heterocycles. The number of carbonyl (C=O) groups excluding carboxylic acids is 1. The highest BCUT2D eigenvalue weighted by Crippen LogP contribution is 2.32. The number of benzene rings is 1. The zero-order chi connectivity index (χ0) is 18.3. The molecule has 132 valence electrons. The van der Waals surface area contributed by atoms with Gasteiger partial charge < -0.3 is 5.32 Å². The number of rotatable bonds is 5. The molecule has 1 aliphatic rings. The molecule has 1 aliphatic carbocycles. The zero-order valence-corrected chi connectivity index (χ0v) is 15.6. The van der Waals surface area contributed by atoms with Gasteiger partial charge in [-0.25, -0.2) is 4.98 Å². The van der Waals surface area contributed by atoms with E-state index in [1.165, 1.54) is 11.8 Å². The maximum atomic E-state index is 12.4. The van der Waals surface area contributed by atoms with Crippen molar-refractivity contribution in [3.63, 3.8) is 0 Å². The van der Waals surface area contributed by atoms with Gasteiger partial charge in [-0.3, -0.25) is 9.20 Å². The van der Waals surface area contributed by atoms with Crippen molar-refractivity contribution in [3.8, 4) is 6.07 Å². The first kappa shape index (κ1) is 16.9. The first-order chi connectivity index (χ1) is 12.6. The van der Waals surface area contributed by atoms with Crippen LogP contribution in [0.4, 0.5) is 0 Å². The number of nitrogens with one attached hydrogen (secondary N) is 1. The molecule has 0 bridgehead atoms. The molecule has 6 heteroatoms. The topological polar surface area (TPSA) is 70.2 Å². The summed E-state index contributed by atoms with van der Waals surface area (Å²) in [4.78, 5) is 17.1. The minimum absolute atomic E-state index is 0.0671. The van der Waals surface area contributed by atoms with E-state index in [9.17, 15) is 10.1 Å². The second-order valence-corrected chi connectivity index (χ2v) is 8.01. The van der Waals surface area contributed by atoms with Crippen LogP contribution in [0.3, 0.4) is 0 Å². The minimum atomic E-state index is -0.211. The number of para-hydroxylation sites is 2. The van der Waals surface area contributed by atoms with Gasteiger partial charge in [-0.15, -0.1) is 0 Å². The summed E-state index contributed by atoms with van der Waals surface area (Å²) in [7, 11) is 0. The highest BCUT2D eigenvalue weighted by molar-refractivity contribution is 8.00. The van der Waals surface area contributed by atoms with Gasteiger partial charge in [0.15, 0.2) is 5.65 Å². The molecular formula is C20H20N4OS. The first-order valence-electron chi connectivity index (χ1n) is 8.92. The van der Waals surface area contributed by atoms with Crippen LogP contribution >= 0.6 is 11.8 Å². The fourth-order valence-electron chi connectivity index (χ4n) is 3.11. The number of fused-ring (bicyclic) bond motifs is 3. The van der Waals surface area contributed by atoms with Crippen LogP contribution in [0.5, 0.6) is 0 Å². The quantitative estimate of drug-likeness (QED) is 0.701. The third-order valence-electron chi connectivity index (χ3n) is 4.71. The smallest absolute Gasteiger partial charge is 0.233 e. The summed E-state index contributed by atoms with van der Waals surface area (Å²) >= 11 is 1.52. The normalized spacial score (nSPS) is 15.1. The zero-order valence-electron chi connectivity index (χ0n) is 14.8. The van der Waals surface area contributed by atoms with E-state index in [4.69, 9.17) is 4.98 Å². The molecule has 4 rings (SSSR count). The lowest BCUT2D eigenvalue weighted by Crippen LogP contribution is -2.32. The van der Waals surface area contributed by atoms with Crippen molar-refractivity contribution in [1.29, 1.82) is 5.26 Å². The number of imidazole rings is 1. The van der Waals surface area contributed by atoms with Crippen LogP contribution in [0, 0.1) is 11.3 Å². The fourth-order valence-corrected chi connectivity index (χ4v) is 4.15. The Morgan fingerprint density at radius 1 is 1.46 bits per heavy atom. The highest BCUT2D eigenvalue weighted by atomic mass is 32.2. The molecule has 0 aliphatic heterocycles. The van der Waals surface area contributed by atoms with E-state index in [0.717, 1.165) is 40.9 Å². The number of hydrogen-bond acceptors (Lipinski definition) is 4. The summed E-state index contributed by atoms with van der Waals surface area (Å²) in [5, 5.41) is 13.5. The van der Waals surface area contributed by atoms with Crippen LogP contribution < -0.4 is 5.32 Å². The lowest BCUT2D eigenvalue weighted by Gasteiger charge is -2.15. The molecule has 1 amide bonds. The van der Waals surface area contributed by atoms with Gasteiger partial charge in [0.1, 0.15) is 6.07 Å². The summed E-state index contributed by atoms with van der Waals surface area (Å²) in [5.74, 6) is 0.0671. The number of hydrogen-bond donors (Lipinski definition) is 1. The Labute approximate surface area is 156 Å². The summed E-state index contributed by atoms with van der Waals surface area (Å²) in [6.07, 6.45) is 2.91. The van der Waals surface area contributed by atoms with Gasteiger partial charge in [-0.1, -0.05) is 30.8 Å². The molecule has 1 saturated carbocycles. The van der Waals surface area contributed by atoms with Gasteiger partial charge in [-0.2, -0.15) is 5.26 Å². The number of amides is 1. The highest BCUT2D eigenvalue weighted by Gasteiger charge is 2.27. The molecule has 0 radical (unpaired) electrons. The Balaban J connectivity index is 1.84. The average Bonchev–Trinajstić information content (AvgIpc) is 3.37. The van der Waals surface area contributed by atoms with Gasteiger partial charge in [0.05, 0.1) is 26.9 Å². The van der Waals surface area contributed by atoms with Crippen molar-refractivity contribution in [1.82, 2.24) is 14.7 Å². The minimum Gasteiger partial charge on any atom is -0.352 e. The molecule has 1 N–H and O–H groups in total. The van der Waals surface area contributed by atoms with Crippen LogP contribution in [-0.2, 0) is 11.2 Å². The largest absolute Gasteiger partial charge is 0.352 e. The molecule has 5 nitrogen and oxygen atoms in total. The number of nitriles is 1. The Bertz CT molecular complexity index is 1050. The number of pyridine rings is 1. The molecule has 2 aromatic heterocycles. The Kier molecular flexibility index (Phi) is 4.33. The molecule has 0 spiro atoms. The summed E-state index contributed by atoms with van der Waals surface area (Å²) in [5.41, 5.74) is 4.06. The second kappa shape index (κ2) is 6.65. The van der Waals surface area contributed by atoms with Crippen LogP contribution in [0.1, 0.15) is 37.8 Å². The number of nitrogens with zero attached hydrogens (tertiary/aromatic N) is 3. The summed E-state index contributed by atoms with van der Waals surface area (Å²) in [6, 6.07) is 12.6. The van der Waals surface area contributed by atoms with Crippen LogP contribution in [0.2, 0.25) is 0 Å². The van der Waals surface area contributed by atoms with Gasteiger partial charge in [0, 0.05) is 6.04 Å². The van der Waals surface area contributed by atoms with E-state index in [-0.39, 0.29) is 11.2 Å². The van der Waals surface area contributed by atoms with Gasteiger partial charge in [-0.05, 0) is 49.9 Å². The lowest BCUT2D eigenvalue weighted by molar-refractivity contribution is -0.120. The Morgan fingerprint density at radius 3 is 2.92 bits per heavy atom. The monoisotopic (exact) mass is 364 g/mol. The van der Waals surface area contributed by atoms with Crippen molar-refractivity contribution in [2.45, 2.75) is 49.4 Å². The van der Waals surface area contributed by atoms with Gasteiger partial charge >= 0.3 is 0 Å². The van der Waals surface area contributed by atoms with E-state index in [2.05, 4.69) is 11.4 Å². The molecule has 1 aromatic carbocycles. The molecule has 3 aromatic rings. The van der Waals surface area contributed by atoms with Crippen molar-refractivity contribution >= 4 is 34.3 Å². The summed E-state index contributed by atoms with van der Waals surface area (Å²) in [6.45, 7) is 3.96. The third kappa shape index (κ3) is 2.93. The number of carbonyl (C=O) groups is 1. The second-order valence-electron chi connectivity index (χ2n) is 6.65. The molecule has 1 fully saturated rings. The van der Waals surface area contributed by atoms with E-state index in [1.807, 2.05) is 48.6 Å². The van der Waals surface area contributed by atoms with E-state index in [0.29, 0.717) is 17.3 Å².